The van der Waals surface area contributed by atoms with Gasteiger partial charge in [-0.2, -0.15) is 0 Å². The summed E-state index contributed by atoms with van der Waals surface area (Å²) in [5, 5.41) is 19.4. The third-order valence-electron chi connectivity index (χ3n) is 1.53. The molecular formula is C7H13NO4. The molecule has 0 aliphatic rings. The standard InChI is InChI=1S/C7H13NO4/c1-8-5(7(11)12)3-2-4-6(9)10/h5,8H,2-4H2,1H3,(H,9,10)(H,11,12). The minimum atomic E-state index is -0.942. The van der Waals surface area contributed by atoms with Gasteiger partial charge in [0.15, 0.2) is 0 Å². The first kappa shape index (κ1) is 10.9. The van der Waals surface area contributed by atoms with Gasteiger partial charge in [-0.1, -0.05) is 0 Å². The molecule has 12 heavy (non-hydrogen) atoms. The van der Waals surface area contributed by atoms with Crippen LogP contribution in [0.1, 0.15) is 19.3 Å². The zero-order chi connectivity index (χ0) is 9.56. The zero-order valence-electron chi connectivity index (χ0n) is 6.91. The van der Waals surface area contributed by atoms with Crippen LogP contribution in [0.15, 0.2) is 0 Å². The Morgan fingerprint density at radius 3 is 2.33 bits per heavy atom. The average Bonchev–Trinajstić information content (AvgIpc) is 1.96. The predicted octanol–water partition coefficient (Wildman–Crippen LogP) is -0.0861. The van der Waals surface area contributed by atoms with Crippen LogP contribution in [0.25, 0.3) is 0 Å². The lowest BCUT2D eigenvalue weighted by Crippen LogP contribution is -2.33. The Kier molecular flexibility index (Phi) is 5.03. The fourth-order valence-corrected chi connectivity index (χ4v) is 0.849. The summed E-state index contributed by atoms with van der Waals surface area (Å²) in [5.74, 6) is -1.84. The molecule has 0 aliphatic carbocycles. The normalized spacial score (nSPS) is 12.4. The number of aliphatic carboxylic acids is 2. The minimum absolute atomic E-state index is 0.0193. The summed E-state index contributed by atoms with van der Waals surface area (Å²) in [4.78, 5) is 20.5. The fourth-order valence-electron chi connectivity index (χ4n) is 0.849. The van der Waals surface area contributed by atoms with Crippen molar-refractivity contribution in [3.05, 3.63) is 0 Å². The van der Waals surface area contributed by atoms with Gasteiger partial charge in [0.05, 0.1) is 0 Å². The highest BCUT2D eigenvalue weighted by molar-refractivity contribution is 5.73. The third-order valence-corrected chi connectivity index (χ3v) is 1.53. The van der Waals surface area contributed by atoms with Gasteiger partial charge in [-0.25, -0.2) is 0 Å². The van der Waals surface area contributed by atoms with E-state index in [-0.39, 0.29) is 6.42 Å². The van der Waals surface area contributed by atoms with Crippen molar-refractivity contribution in [3.8, 4) is 0 Å². The van der Waals surface area contributed by atoms with Crippen LogP contribution in [0.4, 0.5) is 0 Å². The van der Waals surface area contributed by atoms with Crippen LogP contribution in [-0.4, -0.2) is 35.2 Å². The first-order valence-electron chi connectivity index (χ1n) is 3.69. The van der Waals surface area contributed by atoms with Gasteiger partial charge < -0.3 is 15.5 Å². The maximum Gasteiger partial charge on any atom is 0.320 e. The van der Waals surface area contributed by atoms with E-state index < -0.39 is 18.0 Å². The maximum absolute atomic E-state index is 10.4. The van der Waals surface area contributed by atoms with Crippen molar-refractivity contribution >= 4 is 11.9 Å². The largest absolute Gasteiger partial charge is 0.481 e. The van der Waals surface area contributed by atoms with E-state index in [1.54, 1.807) is 7.05 Å². The van der Waals surface area contributed by atoms with Crippen molar-refractivity contribution in [1.29, 1.82) is 0 Å². The van der Waals surface area contributed by atoms with E-state index in [0.29, 0.717) is 12.8 Å². The van der Waals surface area contributed by atoms with Crippen molar-refractivity contribution in [1.82, 2.24) is 5.32 Å². The molecule has 1 unspecified atom stereocenters. The number of likely N-dealkylation sites (N-methyl/N-ethyl adjacent to an activating group) is 1. The van der Waals surface area contributed by atoms with Crippen molar-refractivity contribution in [2.24, 2.45) is 0 Å². The molecule has 0 spiro atoms. The molecule has 0 bridgehead atoms. The summed E-state index contributed by atoms with van der Waals surface area (Å²) in [6.07, 6.45) is 0.747. The Bertz CT molecular complexity index is 169. The number of hydrogen-bond donors (Lipinski definition) is 3. The highest BCUT2D eigenvalue weighted by Crippen LogP contribution is 2.00. The van der Waals surface area contributed by atoms with E-state index >= 15 is 0 Å². The second-order valence-electron chi connectivity index (χ2n) is 2.47. The highest BCUT2D eigenvalue weighted by atomic mass is 16.4. The molecule has 0 aromatic carbocycles. The van der Waals surface area contributed by atoms with Crippen LogP contribution in [-0.2, 0) is 9.59 Å². The lowest BCUT2D eigenvalue weighted by molar-refractivity contribution is -0.141. The molecule has 0 aromatic rings. The molecule has 0 amide bonds. The van der Waals surface area contributed by atoms with Crippen molar-refractivity contribution < 1.29 is 19.8 Å². The summed E-state index contributed by atoms with van der Waals surface area (Å²) in [6, 6.07) is -0.635. The Morgan fingerprint density at radius 1 is 1.42 bits per heavy atom. The Balaban J connectivity index is 3.59. The van der Waals surface area contributed by atoms with Crippen LogP contribution in [0, 0.1) is 0 Å². The summed E-state index contributed by atoms with van der Waals surface area (Å²) in [5.41, 5.74) is 0. The summed E-state index contributed by atoms with van der Waals surface area (Å²) in [7, 11) is 1.54. The lowest BCUT2D eigenvalue weighted by Gasteiger charge is -2.08. The average molecular weight is 175 g/mol. The molecule has 3 N–H and O–H groups in total. The molecule has 0 aliphatic heterocycles. The van der Waals surface area contributed by atoms with E-state index in [1.165, 1.54) is 0 Å². The molecule has 5 nitrogen and oxygen atoms in total. The number of carboxylic acids is 2. The van der Waals surface area contributed by atoms with Gasteiger partial charge in [0.2, 0.25) is 0 Å². The molecule has 0 rings (SSSR count). The van der Waals surface area contributed by atoms with Gasteiger partial charge in [-0.05, 0) is 19.9 Å². The van der Waals surface area contributed by atoms with Crippen molar-refractivity contribution in [2.45, 2.75) is 25.3 Å². The molecule has 1 atom stereocenters. The third kappa shape index (κ3) is 4.68. The van der Waals surface area contributed by atoms with Gasteiger partial charge in [-0.3, -0.25) is 9.59 Å². The van der Waals surface area contributed by atoms with E-state index in [1.807, 2.05) is 0 Å². The van der Waals surface area contributed by atoms with Gasteiger partial charge >= 0.3 is 11.9 Å². The van der Waals surface area contributed by atoms with Gasteiger partial charge in [0.1, 0.15) is 6.04 Å². The Hall–Kier alpha value is -1.10. The Labute approximate surface area is 70.4 Å². The summed E-state index contributed by atoms with van der Waals surface area (Å²) < 4.78 is 0. The minimum Gasteiger partial charge on any atom is -0.481 e. The van der Waals surface area contributed by atoms with Crippen LogP contribution in [0.3, 0.4) is 0 Å². The van der Waals surface area contributed by atoms with E-state index in [2.05, 4.69) is 5.32 Å². The summed E-state index contributed by atoms with van der Waals surface area (Å²) >= 11 is 0. The van der Waals surface area contributed by atoms with Crippen molar-refractivity contribution in [2.75, 3.05) is 7.05 Å². The van der Waals surface area contributed by atoms with Crippen LogP contribution in [0.2, 0.25) is 0 Å². The predicted molar refractivity (Wildman–Crippen MR) is 42.0 cm³/mol. The second kappa shape index (κ2) is 5.54. The molecule has 0 radical (unpaired) electrons. The van der Waals surface area contributed by atoms with Gasteiger partial charge in [-0.15, -0.1) is 0 Å². The number of nitrogens with one attached hydrogen (secondary N) is 1. The topological polar surface area (TPSA) is 86.6 Å². The van der Waals surface area contributed by atoms with Gasteiger partial charge in [0.25, 0.3) is 0 Å². The zero-order valence-corrected chi connectivity index (χ0v) is 6.91. The quantitative estimate of drug-likeness (QED) is 0.525. The molecule has 0 saturated carbocycles. The van der Waals surface area contributed by atoms with E-state index in [9.17, 15) is 9.59 Å². The fraction of sp³-hybridized carbons (Fsp3) is 0.714. The number of carboxylic acid groups (broad SMARTS) is 2. The van der Waals surface area contributed by atoms with Crippen LogP contribution >= 0.6 is 0 Å². The second-order valence-corrected chi connectivity index (χ2v) is 2.47. The SMILES string of the molecule is CNC(CCCC(=O)O)C(=O)O. The first-order chi connectivity index (χ1) is 5.57. The van der Waals surface area contributed by atoms with Crippen molar-refractivity contribution in [3.63, 3.8) is 0 Å². The lowest BCUT2D eigenvalue weighted by atomic mass is 10.1. The molecule has 0 fully saturated rings. The van der Waals surface area contributed by atoms with E-state index in [0.717, 1.165) is 0 Å². The molecule has 0 saturated heterocycles. The molecule has 70 valence electrons. The number of rotatable bonds is 6. The summed E-state index contributed by atoms with van der Waals surface area (Å²) in [6.45, 7) is 0. The van der Waals surface area contributed by atoms with E-state index in [4.69, 9.17) is 10.2 Å². The molecule has 0 aromatic heterocycles. The molecular weight excluding hydrogens is 162 g/mol. The monoisotopic (exact) mass is 175 g/mol. The molecule has 5 heteroatoms. The van der Waals surface area contributed by atoms with Gasteiger partial charge in [0, 0.05) is 6.42 Å². The number of carbonyl (C=O) groups is 2. The maximum atomic E-state index is 10.4. The smallest absolute Gasteiger partial charge is 0.320 e. The first-order valence-corrected chi connectivity index (χ1v) is 3.69. The Morgan fingerprint density at radius 2 is 2.00 bits per heavy atom. The number of hydrogen-bond acceptors (Lipinski definition) is 3. The van der Waals surface area contributed by atoms with Crippen LogP contribution < -0.4 is 5.32 Å². The van der Waals surface area contributed by atoms with Crippen LogP contribution in [0.5, 0.6) is 0 Å². The molecule has 0 heterocycles. The highest BCUT2D eigenvalue weighted by Gasteiger charge is 2.14.